The fraction of sp³-hybridized carbons (Fsp3) is 0.333. The normalized spacial score (nSPS) is 12.2. The van der Waals surface area contributed by atoms with Crippen molar-refractivity contribution < 1.29 is 4.74 Å². The number of halogens is 1. The summed E-state index contributed by atoms with van der Waals surface area (Å²) in [5.74, 6) is 0.889. The number of hydrogen-bond donors (Lipinski definition) is 0. The summed E-state index contributed by atoms with van der Waals surface area (Å²) in [4.78, 5) is 0. The van der Waals surface area contributed by atoms with E-state index in [4.69, 9.17) is 16.3 Å². The molecule has 0 aliphatic carbocycles. The number of aryl methyl sites for hydroxylation is 2. The second kappa shape index (κ2) is 6.81. The highest BCUT2D eigenvalue weighted by Gasteiger charge is 2.14. The Kier molecular flexibility index (Phi) is 5.08. The Labute approximate surface area is 126 Å². The Bertz CT molecular complexity index is 577. The minimum atomic E-state index is -0.139. The average molecular weight is 289 g/mol. The van der Waals surface area contributed by atoms with Crippen molar-refractivity contribution in [3.8, 4) is 5.75 Å². The van der Waals surface area contributed by atoms with Crippen LogP contribution in [0.15, 0.2) is 42.5 Å². The Morgan fingerprint density at radius 2 is 1.90 bits per heavy atom. The van der Waals surface area contributed by atoms with E-state index in [-0.39, 0.29) is 5.38 Å². The first-order valence-electron chi connectivity index (χ1n) is 7.05. The lowest BCUT2D eigenvalue weighted by Crippen LogP contribution is -1.99. The summed E-state index contributed by atoms with van der Waals surface area (Å²) in [5.41, 5.74) is 4.69. The van der Waals surface area contributed by atoms with Crippen molar-refractivity contribution in [1.29, 1.82) is 0 Å². The molecule has 0 amide bonds. The van der Waals surface area contributed by atoms with Crippen molar-refractivity contribution in [3.63, 3.8) is 0 Å². The van der Waals surface area contributed by atoms with Gasteiger partial charge in [-0.05, 0) is 49.1 Å². The molecule has 0 fully saturated rings. The number of alkyl halides is 1. The molecule has 0 aromatic heterocycles. The number of hydrogen-bond acceptors (Lipinski definition) is 1. The van der Waals surface area contributed by atoms with E-state index in [0.717, 1.165) is 24.3 Å². The van der Waals surface area contributed by atoms with E-state index < -0.39 is 0 Å². The molecule has 20 heavy (non-hydrogen) atoms. The third-order valence-corrected chi connectivity index (χ3v) is 3.82. The highest BCUT2D eigenvalue weighted by molar-refractivity contribution is 6.22. The predicted molar refractivity (Wildman–Crippen MR) is 85.8 cm³/mol. The molecule has 0 aliphatic rings. The molecule has 2 rings (SSSR count). The van der Waals surface area contributed by atoms with Crippen molar-refractivity contribution in [1.82, 2.24) is 0 Å². The van der Waals surface area contributed by atoms with Crippen LogP contribution in [0.3, 0.4) is 0 Å². The maximum absolute atomic E-state index is 6.66. The summed E-state index contributed by atoms with van der Waals surface area (Å²) >= 11 is 6.66. The van der Waals surface area contributed by atoms with Crippen molar-refractivity contribution >= 4 is 11.6 Å². The van der Waals surface area contributed by atoms with E-state index in [9.17, 15) is 0 Å². The van der Waals surface area contributed by atoms with Gasteiger partial charge in [-0.25, -0.2) is 0 Å². The Balaban J connectivity index is 2.28. The lowest BCUT2D eigenvalue weighted by Gasteiger charge is -2.15. The number of rotatable bonds is 5. The second-order valence-corrected chi connectivity index (χ2v) is 5.58. The zero-order valence-corrected chi connectivity index (χ0v) is 13.1. The molecule has 0 aliphatic heterocycles. The molecule has 1 nitrogen and oxygen atoms in total. The minimum absolute atomic E-state index is 0.139. The third-order valence-electron chi connectivity index (χ3n) is 3.33. The minimum Gasteiger partial charge on any atom is -0.494 e. The van der Waals surface area contributed by atoms with Crippen LogP contribution in [0.4, 0.5) is 0 Å². The first-order valence-corrected chi connectivity index (χ1v) is 7.49. The summed E-state index contributed by atoms with van der Waals surface area (Å²) in [6.45, 7) is 7.03. The van der Waals surface area contributed by atoms with E-state index in [0.29, 0.717) is 0 Å². The van der Waals surface area contributed by atoms with Gasteiger partial charge in [0, 0.05) is 0 Å². The van der Waals surface area contributed by atoms with Crippen LogP contribution in [0.1, 0.15) is 41.0 Å². The summed E-state index contributed by atoms with van der Waals surface area (Å²) in [7, 11) is 0. The Hall–Kier alpha value is -1.47. The smallest absolute Gasteiger partial charge is 0.119 e. The standard InChI is InChI=1S/C18H21ClO/c1-4-10-20-16-7-5-6-15(12-16)18(19)17-11-13(2)8-9-14(17)3/h5-9,11-12,18H,4,10H2,1-3H3. The number of benzene rings is 2. The van der Waals surface area contributed by atoms with E-state index in [1.54, 1.807) is 0 Å². The molecule has 2 aromatic carbocycles. The molecule has 0 saturated carbocycles. The summed E-state index contributed by atoms with van der Waals surface area (Å²) < 4.78 is 5.68. The van der Waals surface area contributed by atoms with E-state index >= 15 is 0 Å². The summed E-state index contributed by atoms with van der Waals surface area (Å²) in [6, 6.07) is 14.5. The third kappa shape index (κ3) is 3.55. The van der Waals surface area contributed by atoms with E-state index in [1.807, 2.05) is 18.2 Å². The van der Waals surface area contributed by atoms with Crippen LogP contribution in [-0.2, 0) is 0 Å². The van der Waals surface area contributed by atoms with Crippen LogP contribution < -0.4 is 4.74 Å². The first-order chi connectivity index (χ1) is 9.61. The highest BCUT2D eigenvalue weighted by Crippen LogP contribution is 2.33. The van der Waals surface area contributed by atoms with Gasteiger partial charge >= 0.3 is 0 Å². The number of ether oxygens (including phenoxy) is 1. The van der Waals surface area contributed by atoms with Gasteiger partial charge in [0.2, 0.25) is 0 Å². The largest absolute Gasteiger partial charge is 0.494 e. The highest BCUT2D eigenvalue weighted by atomic mass is 35.5. The fourth-order valence-electron chi connectivity index (χ4n) is 2.19. The SMILES string of the molecule is CCCOc1cccc(C(Cl)c2cc(C)ccc2C)c1. The molecule has 0 bridgehead atoms. The molecule has 1 atom stereocenters. The topological polar surface area (TPSA) is 9.23 Å². The van der Waals surface area contributed by atoms with Gasteiger partial charge < -0.3 is 4.74 Å². The zero-order valence-electron chi connectivity index (χ0n) is 12.3. The first kappa shape index (κ1) is 14.9. The molecule has 1 unspecified atom stereocenters. The van der Waals surface area contributed by atoms with Gasteiger partial charge in [-0.15, -0.1) is 11.6 Å². The lowest BCUT2D eigenvalue weighted by molar-refractivity contribution is 0.317. The van der Waals surface area contributed by atoms with Crippen molar-refractivity contribution in [2.45, 2.75) is 32.6 Å². The fourth-order valence-corrected chi connectivity index (χ4v) is 2.57. The lowest BCUT2D eigenvalue weighted by atomic mass is 9.98. The predicted octanol–water partition coefficient (Wildman–Crippen LogP) is 5.42. The van der Waals surface area contributed by atoms with E-state index in [1.165, 1.54) is 16.7 Å². The maximum Gasteiger partial charge on any atom is 0.119 e. The quantitative estimate of drug-likeness (QED) is 0.668. The van der Waals surface area contributed by atoms with Gasteiger partial charge in [0.1, 0.15) is 5.75 Å². The Morgan fingerprint density at radius 3 is 2.65 bits per heavy atom. The maximum atomic E-state index is 6.66. The van der Waals surface area contributed by atoms with Crippen LogP contribution in [0, 0.1) is 13.8 Å². The molecule has 2 heteroatoms. The Morgan fingerprint density at radius 1 is 1.10 bits per heavy atom. The molecule has 0 spiro atoms. The van der Waals surface area contributed by atoms with Gasteiger partial charge in [0.15, 0.2) is 0 Å². The van der Waals surface area contributed by atoms with Crippen molar-refractivity contribution in [3.05, 3.63) is 64.7 Å². The van der Waals surface area contributed by atoms with Crippen LogP contribution >= 0.6 is 11.6 Å². The summed E-state index contributed by atoms with van der Waals surface area (Å²) in [5, 5.41) is -0.139. The molecule has 0 saturated heterocycles. The van der Waals surface area contributed by atoms with E-state index in [2.05, 4.69) is 45.0 Å². The molecule has 0 heterocycles. The molecular weight excluding hydrogens is 268 g/mol. The van der Waals surface area contributed by atoms with Crippen molar-refractivity contribution in [2.75, 3.05) is 6.61 Å². The van der Waals surface area contributed by atoms with Gasteiger partial charge in [0.25, 0.3) is 0 Å². The monoisotopic (exact) mass is 288 g/mol. The zero-order chi connectivity index (χ0) is 14.5. The van der Waals surface area contributed by atoms with Crippen LogP contribution in [0.5, 0.6) is 5.75 Å². The van der Waals surface area contributed by atoms with Gasteiger partial charge in [-0.1, -0.05) is 42.8 Å². The molecule has 2 aromatic rings. The van der Waals surface area contributed by atoms with Crippen LogP contribution in [-0.4, -0.2) is 6.61 Å². The van der Waals surface area contributed by atoms with Gasteiger partial charge in [0.05, 0.1) is 12.0 Å². The summed E-state index contributed by atoms with van der Waals surface area (Å²) in [6.07, 6.45) is 1.01. The van der Waals surface area contributed by atoms with Gasteiger partial charge in [-0.2, -0.15) is 0 Å². The molecule has 0 radical (unpaired) electrons. The average Bonchev–Trinajstić information content (AvgIpc) is 2.47. The van der Waals surface area contributed by atoms with Gasteiger partial charge in [-0.3, -0.25) is 0 Å². The van der Waals surface area contributed by atoms with Crippen molar-refractivity contribution in [2.24, 2.45) is 0 Å². The molecule has 0 N–H and O–H groups in total. The molecular formula is C18H21ClO. The second-order valence-electron chi connectivity index (χ2n) is 5.14. The van der Waals surface area contributed by atoms with Crippen LogP contribution in [0.2, 0.25) is 0 Å². The van der Waals surface area contributed by atoms with Crippen LogP contribution in [0.25, 0.3) is 0 Å². The molecule has 106 valence electrons.